The zero-order chi connectivity index (χ0) is 23.6. The van der Waals surface area contributed by atoms with E-state index in [-0.39, 0.29) is 22.7 Å². The third-order valence-electron chi connectivity index (χ3n) is 5.41. The largest absolute Gasteiger partial charge is 0.325 e. The first-order chi connectivity index (χ1) is 15.0. The van der Waals surface area contributed by atoms with Crippen LogP contribution in [0.4, 0.5) is 15.8 Å². The van der Waals surface area contributed by atoms with Crippen LogP contribution in [0.15, 0.2) is 48.5 Å². The van der Waals surface area contributed by atoms with Gasteiger partial charge in [-0.1, -0.05) is 23.7 Å². The highest BCUT2D eigenvalue weighted by Gasteiger charge is 2.30. The molecule has 3 aromatic rings. The Morgan fingerprint density at radius 1 is 1.06 bits per heavy atom. The lowest BCUT2D eigenvalue weighted by Gasteiger charge is -2.24. The van der Waals surface area contributed by atoms with E-state index in [0.29, 0.717) is 16.9 Å². The molecule has 32 heavy (non-hydrogen) atoms. The van der Waals surface area contributed by atoms with Crippen molar-refractivity contribution in [2.75, 3.05) is 10.6 Å². The van der Waals surface area contributed by atoms with Crippen molar-refractivity contribution in [1.29, 1.82) is 0 Å². The molecule has 2 N–H and O–H groups in total. The number of amides is 2. The van der Waals surface area contributed by atoms with E-state index >= 15 is 0 Å². The van der Waals surface area contributed by atoms with Crippen LogP contribution in [-0.2, 0) is 15.0 Å². The number of rotatable bonds is 6. The van der Waals surface area contributed by atoms with E-state index in [1.807, 2.05) is 19.9 Å². The Morgan fingerprint density at radius 3 is 2.28 bits per heavy atom. The Kier molecular flexibility index (Phi) is 6.69. The molecule has 6 nitrogen and oxygen atoms in total. The molecule has 1 unspecified atom stereocenters. The van der Waals surface area contributed by atoms with Crippen molar-refractivity contribution in [3.8, 4) is 0 Å². The SMILES string of the molecule is Cc1cc(C)n(C(C)C(=O)Nc2ccc(NC(=O)C(C)(C)c3ccc(F)cc3)cc2Cl)n1. The lowest BCUT2D eigenvalue weighted by atomic mass is 9.83. The van der Waals surface area contributed by atoms with E-state index in [4.69, 9.17) is 11.6 Å². The number of nitrogens with one attached hydrogen (secondary N) is 2. The summed E-state index contributed by atoms with van der Waals surface area (Å²) >= 11 is 6.36. The summed E-state index contributed by atoms with van der Waals surface area (Å²) in [6, 6.07) is 12.1. The maximum Gasteiger partial charge on any atom is 0.248 e. The number of carbonyl (C=O) groups is 2. The van der Waals surface area contributed by atoms with Gasteiger partial charge in [0.05, 0.1) is 21.8 Å². The molecule has 0 aliphatic carbocycles. The van der Waals surface area contributed by atoms with Gasteiger partial charge in [-0.3, -0.25) is 14.3 Å². The Labute approximate surface area is 191 Å². The first kappa shape index (κ1) is 23.5. The zero-order valence-electron chi connectivity index (χ0n) is 18.7. The summed E-state index contributed by atoms with van der Waals surface area (Å²) in [6.07, 6.45) is 0. The smallest absolute Gasteiger partial charge is 0.248 e. The topological polar surface area (TPSA) is 76.0 Å². The summed E-state index contributed by atoms with van der Waals surface area (Å²) in [7, 11) is 0. The van der Waals surface area contributed by atoms with Crippen molar-refractivity contribution < 1.29 is 14.0 Å². The Hall–Kier alpha value is -3.19. The molecular formula is C24H26ClFN4O2. The van der Waals surface area contributed by atoms with Crippen LogP contribution < -0.4 is 10.6 Å². The molecule has 0 saturated carbocycles. The van der Waals surface area contributed by atoms with Crippen LogP contribution in [0.1, 0.15) is 43.8 Å². The average molecular weight is 457 g/mol. The second kappa shape index (κ2) is 9.12. The third-order valence-corrected chi connectivity index (χ3v) is 5.72. The fourth-order valence-corrected chi connectivity index (χ4v) is 3.59. The Morgan fingerprint density at radius 2 is 1.72 bits per heavy atom. The maximum atomic E-state index is 13.2. The van der Waals surface area contributed by atoms with Crippen molar-refractivity contribution in [3.05, 3.63) is 76.3 Å². The summed E-state index contributed by atoms with van der Waals surface area (Å²) in [6.45, 7) is 9.03. The Balaban J connectivity index is 1.70. The molecule has 2 amide bonds. The first-order valence-corrected chi connectivity index (χ1v) is 10.6. The monoisotopic (exact) mass is 456 g/mol. The summed E-state index contributed by atoms with van der Waals surface area (Å²) in [5.41, 5.74) is 2.44. The van der Waals surface area contributed by atoms with E-state index < -0.39 is 11.5 Å². The molecule has 0 aliphatic rings. The van der Waals surface area contributed by atoms with Gasteiger partial charge in [-0.05, 0) is 76.6 Å². The summed E-state index contributed by atoms with van der Waals surface area (Å²) in [4.78, 5) is 25.5. The van der Waals surface area contributed by atoms with Gasteiger partial charge < -0.3 is 10.6 Å². The second-order valence-electron chi connectivity index (χ2n) is 8.32. The number of hydrogen-bond donors (Lipinski definition) is 2. The van der Waals surface area contributed by atoms with Gasteiger partial charge in [0.2, 0.25) is 11.8 Å². The van der Waals surface area contributed by atoms with Crippen LogP contribution in [0.5, 0.6) is 0 Å². The number of carbonyl (C=O) groups excluding carboxylic acids is 2. The van der Waals surface area contributed by atoms with Gasteiger partial charge >= 0.3 is 0 Å². The molecule has 2 aromatic carbocycles. The Bertz CT molecular complexity index is 1160. The minimum atomic E-state index is -0.887. The van der Waals surface area contributed by atoms with Crippen LogP contribution >= 0.6 is 11.6 Å². The normalized spacial score (nSPS) is 12.3. The van der Waals surface area contributed by atoms with Gasteiger partial charge in [0, 0.05) is 11.4 Å². The molecule has 8 heteroatoms. The van der Waals surface area contributed by atoms with Crippen LogP contribution in [0.2, 0.25) is 5.02 Å². The van der Waals surface area contributed by atoms with Crippen LogP contribution in [0.3, 0.4) is 0 Å². The second-order valence-corrected chi connectivity index (χ2v) is 8.72. The van der Waals surface area contributed by atoms with Crippen LogP contribution in [0, 0.1) is 19.7 Å². The van der Waals surface area contributed by atoms with E-state index in [2.05, 4.69) is 15.7 Å². The molecule has 0 aliphatic heterocycles. The maximum absolute atomic E-state index is 13.2. The number of aromatic nitrogens is 2. The van der Waals surface area contributed by atoms with Crippen molar-refractivity contribution in [3.63, 3.8) is 0 Å². The third kappa shape index (κ3) is 4.99. The van der Waals surface area contributed by atoms with E-state index in [1.54, 1.807) is 55.8 Å². The van der Waals surface area contributed by atoms with Crippen LogP contribution in [-0.4, -0.2) is 21.6 Å². The summed E-state index contributed by atoms with van der Waals surface area (Å²) < 4.78 is 14.9. The molecule has 0 spiro atoms. The standard InChI is InChI=1S/C24H26ClFN4O2/c1-14-12-15(2)30(29-14)16(3)22(31)28-21-11-10-19(13-20(21)25)27-23(32)24(4,5)17-6-8-18(26)9-7-17/h6-13,16H,1-5H3,(H,27,32)(H,28,31). The zero-order valence-corrected chi connectivity index (χ0v) is 19.4. The molecule has 0 saturated heterocycles. The molecule has 1 aromatic heterocycles. The van der Waals surface area contributed by atoms with Gasteiger partial charge in [0.1, 0.15) is 11.9 Å². The molecular weight excluding hydrogens is 431 g/mol. The molecule has 0 bridgehead atoms. The minimum Gasteiger partial charge on any atom is -0.325 e. The van der Waals surface area contributed by atoms with E-state index in [0.717, 1.165) is 11.4 Å². The number of nitrogens with zero attached hydrogens (tertiary/aromatic N) is 2. The predicted octanol–water partition coefficient (Wildman–Crippen LogP) is 5.41. The molecule has 1 heterocycles. The molecule has 1 atom stereocenters. The predicted molar refractivity (Wildman–Crippen MR) is 125 cm³/mol. The van der Waals surface area contributed by atoms with Gasteiger partial charge in [-0.25, -0.2) is 4.39 Å². The summed E-state index contributed by atoms with van der Waals surface area (Å²) in [5.74, 6) is -0.885. The quantitative estimate of drug-likeness (QED) is 0.520. The average Bonchev–Trinajstić information content (AvgIpc) is 3.07. The highest BCUT2D eigenvalue weighted by Crippen LogP contribution is 2.29. The van der Waals surface area contributed by atoms with E-state index in [9.17, 15) is 14.0 Å². The van der Waals surface area contributed by atoms with E-state index in [1.165, 1.54) is 12.1 Å². The number of halogens is 2. The lowest BCUT2D eigenvalue weighted by Crippen LogP contribution is -2.34. The fraction of sp³-hybridized carbons (Fsp3) is 0.292. The molecule has 0 fully saturated rings. The van der Waals surface area contributed by atoms with Crippen molar-refractivity contribution in [1.82, 2.24) is 9.78 Å². The number of benzene rings is 2. The van der Waals surface area contributed by atoms with Gasteiger partial charge in [-0.2, -0.15) is 5.10 Å². The van der Waals surface area contributed by atoms with Gasteiger partial charge in [0.15, 0.2) is 0 Å². The minimum absolute atomic E-state index is 0.257. The van der Waals surface area contributed by atoms with Crippen molar-refractivity contribution in [2.24, 2.45) is 0 Å². The van der Waals surface area contributed by atoms with Crippen LogP contribution in [0.25, 0.3) is 0 Å². The molecule has 0 radical (unpaired) electrons. The van der Waals surface area contributed by atoms with Crippen molar-refractivity contribution in [2.45, 2.75) is 46.1 Å². The molecule has 3 rings (SSSR count). The molecule has 168 valence electrons. The first-order valence-electron chi connectivity index (χ1n) is 10.2. The lowest BCUT2D eigenvalue weighted by molar-refractivity contribution is -0.120. The number of hydrogen-bond acceptors (Lipinski definition) is 3. The highest BCUT2D eigenvalue weighted by atomic mass is 35.5. The number of aryl methyl sites for hydroxylation is 2. The van der Waals surface area contributed by atoms with Gasteiger partial charge in [0.25, 0.3) is 0 Å². The van der Waals surface area contributed by atoms with Gasteiger partial charge in [-0.15, -0.1) is 0 Å². The summed E-state index contributed by atoms with van der Waals surface area (Å²) in [5, 5.41) is 10.3. The number of anilines is 2. The van der Waals surface area contributed by atoms with Crippen molar-refractivity contribution >= 4 is 34.8 Å². The fourth-order valence-electron chi connectivity index (χ4n) is 3.37. The highest BCUT2D eigenvalue weighted by molar-refractivity contribution is 6.34.